The van der Waals surface area contributed by atoms with Crippen molar-refractivity contribution in [3.05, 3.63) is 35.9 Å². The van der Waals surface area contributed by atoms with E-state index in [1.807, 2.05) is 30.3 Å². The number of aliphatic imine (C=N–C) groups is 1. The van der Waals surface area contributed by atoms with E-state index in [1.165, 1.54) is 0 Å². The first kappa shape index (κ1) is 18.2. The van der Waals surface area contributed by atoms with Crippen molar-refractivity contribution in [3.63, 3.8) is 0 Å². The zero-order chi connectivity index (χ0) is 15.5. The van der Waals surface area contributed by atoms with E-state index in [9.17, 15) is 8.78 Å². The van der Waals surface area contributed by atoms with Gasteiger partial charge in [0.1, 0.15) is 5.84 Å². The maximum Gasteiger partial charge on any atom is 0.276 e. The van der Waals surface area contributed by atoms with Crippen LogP contribution in [0, 0.1) is 5.41 Å². The van der Waals surface area contributed by atoms with Crippen LogP contribution in [-0.4, -0.2) is 41.7 Å². The van der Waals surface area contributed by atoms with Crippen LogP contribution in [0.3, 0.4) is 0 Å². The van der Waals surface area contributed by atoms with E-state index in [1.54, 1.807) is 0 Å². The molecule has 0 spiro atoms. The maximum atomic E-state index is 13.9. The molecule has 5 N–H and O–H groups in total. The van der Waals surface area contributed by atoms with Crippen LogP contribution in [0.2, 0.25) is 0 Å². The first-order valence-electron chi connectivity index (χ1n) is 6.74. The Bertz CT molecular complexity index is 535. The Morgan fingerprint density at radius 1 is 1.32 bits per heavy atom. The molecule has 1 aromatic carbocycles. The highest BCUT2D eigenvalue weighted by molar-refractivity contribution is 5.91. The molecule has 0 bridgehead atoms. The van der Waals surface area contributed by atoms with Gasteiger partial charge in [0, 0.05) is 19.5 Å². The number of nitrogens with zero attached hydrogens (tertiary/aromatic N) is 2. The van der Waals surface area contributed by atoms with Gasteiger partial charge in [0.2, 0.25) is 0 Å². The van der Waals surface area contributed by atoms with Crippen molar-refractivity contribution in [2.45, 2.75) is 24.8 Å². The van der Waals surface area contributed by atoms with Crippen molar-refractivity contribution in [2.75, 3.05) is 13.1 Å². The summed E-state index contributed by atoms with van der Waals surface area (Å²) in [5, 5.41) is 7.36. The minimum atomic E-state index is -3.01. The van der Waals surface area contributed by atoms with Gasteiger partial charge in [0.15, 0.2) is 12.0 Å². The van der Waals surface area contributed by atoms with E-state index >= 15 is 0 Å². The second-order valence-corrected chi connectivity index (χ2v) is 5.03. The van der Waals surface area contributed by atoms with Crippen LogP contribution >= 0.6 is 12.4 Å². The third-order valence-corrected chi connectivity index (χ3v) is 3.53. The first-order valence-corrected chi connectivity index (χ1v) is 6.74. The number of guanidine groups is 1. The van der Waals surface area contributed by atoms with Crippen molar-refractivity contribution in [1.82, 2.24) is 4.90 Å². The van der Waals surface area contributed by atoms with Gasteiger partial charge < -0.3 is 16.4 Å². The van der Waals surface area contributed by atoms with Crippen molar-refractivity contribution in [1.29, 1.82) is 5.41 Å². The van der Waals surface area contributed by atoms with E-state index in [-0.39, 0.29) is 31.2 Å². The lowest BCUT2D eigenvalue weighted by atomic mass is 10.1. The summed E-state index contributed by atoms with van der Waals surface area (Å²) in [5.74, 6) is -3.58. The first-order chi connectivity index (χ1) is 9.92. The minimum Gasteiger partial charge on any atom is -0.386 e. The lowest BCUT2D eigenvalue weighted by Gasteiger charge is -2.27. The minimum absolute atomic E-state index is 0. The fourth-order valence-electron chi connectivity index (χ4n) is 2.44. The SMILES string of the molecule is Cl.N=C(N)N1CCC(F)(F)C1C(N)=NCCc1ccccc1. The van der Waals surface area contributed by atoms with Crippen molar-refractivity contribution >= 4 is 24.2 Å². The van der Waals surface area contributed by atoms with E-state index in [4.69, 9.17) is 16.9 Å². The van der Waals surface area contributed by atoms with Crippen molar-refractivity contribution in [2.24, 2.45) is 16.5 Å². The fraction of sp³-hybridized carbons (Fsp3) is 0.429. The molecule has 1 fully saturated rings. The van der Waals surface area contributed by atoms with Gasteiger partial charge in [-0.3, -0.25) is 10.4 Å². The summed E-state index contributed by atoms with van der Waals surface area (Å²) in [6.45, 7) is 0.343. The van der Waals surface area contributed by atoms with Crippen LogP contribution in [0.25, 0.3) is 0 Å². The molecule has 0 saturated carbocycles. The molecule has 5 nitrogen and oxygen atoms in total. The second-order valence-electron chi connectivity index (χ2n) is 5.03. The van der Waals surface area contributed by atoms with Gasteiger partial charge in [-0.2, -0.15) is 0 Å². The number of hydrogen-bond donors (Lipinski definition) is 3. The summed E-state index contributed by atoms with van der Waals surface area (Å²) >= 11 is 0. The van der Waals surface area contributed by atoms with Gasteiger partial charge in [-0.1, -0.05) is 30.3 Å². The fourth-order valence-corrected chi connectivity index (χ4v) is 2.44. The molecule has 0 amide bonds. The summed E-state index contributed by atoms with van der Waals surface area (Å²) in [7, 11) is 0. The molecule has 0 aromatic heterocycles. The molecule has 1 aromatic rings. The predicted octanol–water partition coefficient (Wildman–Crippen LogP) is 1.61. The van der Waals surface area contributed by atoms with Crippen molar-refractivity contribution < 1.29 is 8.78 Å². The zero-order valence-electron chi connectivity index (χ0n) is 12.0. The highest BCUT2D eigenvalue weighted by Crippen LogP contribution is 2.33. The number of amidine groups is 1. The van der Waals surface area contributed by atoms with E-state index < -0.39 is 17.9 Å². The van der Waals surface area contributed by atoms with Crippen LogP contribution in [0.15, 0.2) is 35.3 Å². The molecule has 2 rings (SSSR count). The number of hydrogen-bond acceptors (Lipinski definition) is 2. The molecular formula is C14H20ClF2N5. The quantitative estimate of drug-likeness (QED) is 0.578. The molecule has 1 aliphatic heterocycles. The van der Waals surface area contributed by atoms with E-state index in [0.717, 1.165) is 10.5 Å². The summed E-state index contributed by atoms with van der Waals surface area (Å²) in [6.07, 6.45) is 0.256. The molecule has 0 aliphatic carbocycles. The number of alkyl halides is 2. The third kappa shape index (κ3) is 4.07. The van der Waals surface area contributed by atoms with Gasteiger partial charge in [0.25, 0.3) is 5.92 Å². The lowest BCUT2D eigenvalue weighted by molar-refractivity contribution is -0.00153. The molecule has 1 heterocycles. The Kier molecular flexibility index (Phi) is 6.11. The molecule has 0 radical (unpaired) electrons. The number of rotatable bonds is 4. The van der Waals surface area contributed by atoms with Gasteiger partial charge in [-0.25, -0.2) is 8.78 Å². The van der Waals surface area contributed by atoms with E-state index in [2.05, 4.69) is 4.99 Å². The topological polar surface area (TPSA) is 91.5 Å². The predicted molar refractivity (Wildman–Crippen MR) is 85.9 cm³/mol. The smallest absolute Gasteiger partial charge is 0.276 e. The van der Waals surface area contributed by atoms with Gasteiger partial charge in [0.05, 0.1) is 0 Å². The van der Waals surface area contributed by atoms with Gasteiger partial charge in [-0.05, 0) is 12.0 Å². The molecule has 1 saturated heterocycles. The molecule has 8 heteroatoms. The molecule has 1 unspecified atom stereocenters. The Morgan fingerprint density at radius 3 is 2.55 bits per heavy atom. The largest absolute Gasteiger partial charge is 0.386 e. The molecule has 22 heavy (non-hydrogen) atoms. The second kappa shape index (κ2) is 7.40. The average molecular weight is 332 g/mol. The van der Waals surface area contributed by atoms with Crippen LogP contribution in [0.4, 0.5) is 8.78 Å². The lowest BCUT2D eigenvalue weighted by Crippen LogP contribution is -2.52. The van der Waals surface area contributed by atoms with Gasteiger partial charge >= 0.3 is 0 Å². The van der Waals surface area contributed by atoms with Crippen LogP contribution in [0.1, 0.15) is 12.0 Å². The van der Waals surface area contributed by atoms with Crippen LogP contribution in [-0.2, 0) is 6.42 Å². The highest BCUT2D eigenvalue weighted by atomic mass is 35.5. The average Bonchev–Trinajstić information content (AvgIpc) is 2.75. The molecule has 1 atom stereocenters. The Balaban J connectivity index is 0.00000242. The maximum absolute atomic E-state index is 13.9. The summed E-state index contributed by atoms with van der Waals surface area (Å²) in [5.41, 5.74) is 12.1. The standard InChI is InChI=1S/C14H19F2N5.ClH/c15-14(16)7-9-21(13(18)19)11(14)12(17)20-8-6-10-4-2-1-3-5-10;/h1-5,11H,6-9H2,(H2,17,20)(H3,18,19);1H. The summed E-state index contributed by atoms with van der Waals surface area (Å²) < 4.78 is 27.7. The Labute approximate surface area is 134 Å². The molecular weight excluding hydrogens is 312 g/mol. The normalized spacial score (nSPS) is 20.5. The van der Waals surface area contributed by atoms with Crippen molar-refractivity contribution in [3.8, 4) is 0 Å². The summed E-state index contributed by atoms with van der Waals surface area (Å²) in [4.78, 5) is 5.15. The summed E-state index contributed by atoms with van der Waals surface area (Å²) in [6, 6.07) is 8.20. The van der Waals surface area contributed by atoms with Gasteiger partial charge in [-0.15, -0.1) is 12.4 Å². The monoisotopic (exact) mass is 331 g/mol. The molecule has 1 aliphatic rings. The molecule has 122 valence electrons. The number of halogens is 3. The number of benzene rings is 1. The highest BCUT2D eigenvalue weighted by Gasteiger charge is 2.51. The zero-order valence-corrected chi connectivity index (χ0v) is 12.8. The third-order valence-electron chi connectivity index (χ3n) is 3.53. The number of nitrogens with two attached hydrogens (primary N) is 2. The van der Waals surface area contributed by atoms with Crippen LogP contribution < -0.4 is 11.5 Å². The van der Waals surface area contributed by atoms with E-state index in [0.29, 0.717) is 13.0 Å². The van der Waals surface area contributed by atoms with Crippen LogP contribution in [0.5, 0.6) is 0 Å². The Hall–Kier alpha value is -1.89. The Morgan fingerprint density at radius 2 is 1.95 bits per heavy atom. The number of likely N-dealkylation sites (tertiary alicyclic amines) is 1. The number of nitrogens with one attached hydrogen (secondary N) is 1.